The number of aromatic amines is 1. The molecule has 2 N–H and O–H groups in total. The highest BCUT2D eigenvalue weighted by Crippen LogP contribution is 2.24. The summed E-state index contributed by atoms with van der Waals surface area (Å²) >= 11 is 0. The molecule has 2 aromatic heterocycles. The molecule has 0 spiro atoms. The number of nitrogens with zero attached hydrogens (tertiary/aromatic N) is 2. The number of hydrogen-bond donors (Lipinski definition) is 2. The molecule has 7 nitrogen and oxygen atoms in total. The van der Waals surface area contributed by atoms with Gasteiger partial charge in [0.2, 0.25) is 5.91 Å². The SMILES string of the molecule is O=C(CCc1ccc(=O)[nH]n1)N[C@@H]1COC[C@H]1Cc1ccnc2ccccc12. The van der Waals surface area contributed by atoms with E-state index in [1.165, 1.54) is 11.6 Å². The Morgan fingerprint density at radius 3 is 2.93 bits per heavy atom. The first kappa shape index (κ1) is 18.3. The second-order valence-electron chi connectivity index (χ2n) is 7.08. The summed E-state index contributed by atoms with van der Waals surface area (Å²) in [6, 6.07) is 13.2. The zero-order valence-electron chi connectivity index (χ0n) is 15.4. The minimum atomic E-state index is -0.247. The molecule has 2 atom stereocenters. The van der Waals surface area contributed by atoms with E-state index in [2.05, 4.69) is 26.6 Å². The standard InChI is InChI=1S/C21H22N4O3/c26-20(7-5-16-6-8-21(27)25-24-16)23-19-13-28-12-15(19)11-14-9-10-22-18-4-2-1-3-17(14)18/h1-4,6,8-10,15,19H,5,7,11-13H2,(H,23,26)(H,25,27)/t15-,19-/m1/s1. The highest BCUT2D eigenvalue weighted by Gasteiger charge is 2.30. The van der Waals surface area contributed by atoms with Gasteiger partial charge >= 0.3 is 0 Å². The van der Waals surface area contributed by atoms with E-state index in [1.54, 1.807) is 6.07 Å². The zero-order chi connectivity index (χ0) is 19.3. The van der Waals surface area contributed by atoms with Gasteiger partial charge in [-0.2, -0.15) is 5.10 Å². The van der Waals surface area contributed by atoms with Gasteiger partial charge in [-0.3, -0.25) is 14.6 Å². The number of aryl methyl sites for hydroxylation is 1. The maximum Gasteiger partial charge on any atom is 0.264 e. The van der Waals surface area contributed by atoms with Crippen LogP contribution < -0.4 is 10.9 Å². The molecule has 0 bridgehead atoms. The van der Waals surface area contributed by atoms with Crippen molar-refractivity contribution in [2.75, 3.05) is 13.2 Å². The lowest BCUT2D eigenvalue weighted by Gasteiger charge is -2.20. The van der Waals surface area contributed by atoms with E-state index in [0.29, 0.717) is 31.7 Å². The Morgan fingerprint density at radius 1 is 1.18 bits per heavy atom. The fraction of sp³-hybridized carbons (Fsp3) is 0.333. The van der Waals surface area contributed by atoms with Crippen molar-refractivity contribution < 1.29 is 9.53 Å². The molecule has 3 heterocycles. The van der Waals surface area contributed by atoms with Crippen LogP contribution in [0.3, 0.4) is 0 Å². The van der Waals surface area contributed by atoms with Crippen LogP contribution in [0.15, 0.2) is 53.5 Å². The topological polar surface area (TPSA) is 97.0 Å². The Labute approximate surface area is 162 Å². The van der Waals surface area contributed by atoms with Gasteiger partial charge in [-0.05, 0) is 30.2 Å². The lowest BCUT2D eigenvalue weighted by Crippen LogP contribution is -2.40. The third-order valence-electron chi connectivity index (χ3n) is 5.11. The Bertz CT molecular complexity index is 1010. The van der Waals surface area contributed by atoms with Gasteiger partial charge in [0.25, 0.3) is 5.56 Å². The van der Waals surface area contributed by atoms with Gasteiger partial charge in [0.1, 0.15) is 0 Å². The maximum atomic E-state index is 12.4. The van der Waals surface area contributed by atoms with Crippen LogP contribution in [0.2, 0.25) is 0 Å². The lowest BCUT2D eigenvalue weighted by atomic mass is 9.93. The van der Waals surface area contributed by atoms with Crippen molar-refractivity contribution in [2.24, 2.45) is 5.92 Å². The van der Waals surface area contributed by atoms with Crippen LogP contribution in [0.5, 0.6) is 0 Å². The molecule has 0 unspecified atom stereocenters. The number of benzene rings is 1. The summed E-state index contributed by atoms with van der Waals surface area (Å²) in [7, 11) is 0. The average Bonchev–Trinajstić information content (AvgIpc) is 3.14. The largest absolute Gasteiger partial charge is 0.379 e. The highest BCUT2D eigenvalue weighted by molar-refractivity contribution is 5.82. The van der Waals surface area contributed by atoms with E-state index >= 15 is 0 Å². The molecular formula is C21H22N4O3. The van der Waals surface area contributed by atoms with Gasteiger partial charge in [-0.15, -0.1) is 0 Å². The first-order valence-electron chi connectivity index (χ1n) is 9.43. The number of para-hydroxylation sites is 1. The van der Waals surface area contributed by atoms with E-state index < -0.39 is 0 Å². The van der Waals surface area contributed by atoms with Gasteiger partial charge in [-0.1, -0.05) is 18.2 Å². The van der Waals surface area contributed by atoms with E-state index in [4.69, 9.17) is 4.74 Å². The van der Waals surface area contributed by atoms with Crippen LogP contribution in [0.4, 0.5) is 0 Å². The van der Waals surface area contributed by atoms with Gasteiger partial charge < -0.3 is 10.1 Å². The van der Waals surface area contributed by atoms with E-state index in [-0.39, 0.29) is 23.4 Å². The first-order valence-corrected chi connectivity index (χ1v) is 9.43. The van der Waals surface area contributed by atoms with Crippen LogP contribution in [-0.2, 0) is 22.4 Å². The molecule has 0 saturated carbocycles. The summed E-state index contributed by atoms with van der Waals surface area (Å²) < 4.78 is 5.65. The predicted octanol–water partition coefficient (Wildman–Crippen LogP) is 1.62. The number of nitrogens with one attached hydrogen (secondary N) is 2. The minimum Gasteiger partial charge on any atom is -0.379 e. The molecule has 7 heteroatoms. The van der Waals surface area contributed by atoms with Crippen molar-refractivity contribution in [1.82, 2.24) is 20.5 Å². The monoisotopic (exact) mass is 378 g/mol. The second-order valence-corrected chi connectivity index (χ2v) is 7.08. The molecule has 1 saturated heterocycles. The van der Waals surface area contributed by atoms with Crippen molar-refractivity contribution in [2.45, 2.75) is 25.3 Å². The minimum absolute atomic E-state index is 0.0111. The number of aromatic nitrogens is 3. The lowest BCUT2D eigenvalue weighted by molar-refractivity contribution is -0.122. The summed E-state index contributed by atoms with van der Waals surface area (Å²) in [5.41, 5.74) is 2.64. The normalized spacial score (nSPS) is 19.0. The summed E-state index contributed by atoms with van der Waals surface area (Å²) in [4.78, 5) is 27.8. The zero-order valence-corrected chi connectivity index (χ0v) is 15.4. The van der Waals surface area contributed by atoms with Crippen molar-refractivity contribution >= 4 is 16.8 Å². The molecule has 1 aromatic carbocycles. The third-order valence-corrected chi connectivity index (χ3v) is 5.11. The fourth-order valence-corrected chi connectivity index (χ4v) is 3.61. The molecule has 1 fully saturated rings. The van der Waals surface area contributed by atoms with E-state index in [0.717, 1.165) is 17.3 Å². The fourth-order valence-electron chi connectivity index (χ4n) is 3.61. The molecule has 3 aromatic rings. The molecule has 0 radical (unpaired) electrons. The molecule has 1 aliphatic heterocycles. The van der Waals surface area contributed by atoms with Gasteiger partial charge in [0, 0.05) is 36.4 Å². The number of hydrogen-bond acceptors (Lipinski definition) is 5. The van der Waals surface area contributed by atoms with Crippen LogP contribution in [0.25, 0.3) is 10.9 Å². The van der Waals surface area contributed by atoms with Crippen molar-refractivity contribution in [3.05, 3.63) is 70.3 Å². The Hall–Kier alpha value is -3.06. The maximum absolute atomic E-state index is 12.4. The van der Waals surface area contributed by atoms with Crippen molar-refractivity contribution in [3.63, 3.8) is 0 Å². The van der Waals surface area contributed by atoms with Crippen LogP contribution in [-0.4, -0.2) is 40.3 Å². The summed E-state index contributed by atoms with van der Waals surface area (Å²) in [6.07, 6.45) is 3.46. The van der Waals surface area contributed by atoms with Gasteiger partial charge in [0.15, 0.2) is 0 Å². The van der Waals surface area contributed by atoms with Crippen molar-refractivity contribution in [3.8, 4) is 0 Å². The molecule has 1 amide bonds. The molecule has 0 aliphatic carbocycles. The number of rotatable bonds is 6. The number of amides is 1. The predicted molar refractivity (Wildman–Crippen MR) is 105 cm³/mol. The number of fused-ring (bicyclic) bond motifs is 1. The Balaban J connectivity index is 1.37. The summed E-state index contributed by atoms with van der Waals surface area (Å²) in [5.74, 6) is 0.189. The molecular weight excluding hydrogens is 356 g/mol. The number of ether oxygens (including phenoxy) is 1. The smallest absolute Gasteiger partial charge is 0.264 e. The van der Waals surface area contributed by atoms with Gasteiger partial charge in [-0.25, -0.2) is 5.10 Å². The first-order chi connectivity index (χ1) is 13.7. The molecule has 1 aliphatic rings. The number of carbonyl (C=O) groups is 1. The van der Waals surface area contributed by atoms with E-state index in [9.17, 15) is 9.59 Å². The second kappa shape index (κ2) is 8.31. The van der Waals surface area contributed by atoms with Crippen LogP contribution in [0, 0.1) is 5.92 Å². The number of carbonyl (C=O) groups excluding carboxylic acids is 1. The molecule has 4 rings (SSSR count). The average molecular weight is 378 g/mol. The van der Waals surface area contributed by atoms with E-state index in [1.807, 2.05) is 30.5 Å². The van der Waals surface area contributed by atoms with Crippen LogP contribution >= 0.6 is 0 Å². The quantitative estimate of drug-likeness (QED) is 0.679. The number of pyridine rings is 1. The summed E-state index contributed by atoms with van der Waals surface area (Å²) in [6.45, 7) is 1.15. The van der Waals surface area contributed by atoms with Gasteiger partial charge in [0.05, 0.1) is 30.5 Å². The third kappa shape index (κ3) is 4.26. The Kier molecular flexibility index (Phi) is 5.43. The highest BCUT2D eigenvalue weighted by atomic mass is 16.5. The molecule has 144 valence electrons. The van der Waals surface area contributed by atoms with Crippen LogP contribution in [0.1, 0.15) is 17.7 Å². The number of H-pyrrole nitrogens is 1. The Morgan fingerprint density at radius 2 is 2.07 bits per heavy atom. The summed E-state index contributed by atoms with van der Waals surface area (Å²) in [5, 5.41) is 10.6. The van der Waals surface area contributed by atoms with Crippen molar-refractivity contribution in [1.29, 1.82) is 0 Å². The molecule has 28 heavy (non-hydrogen) atoms.